The number of carbonyl (C=O) groups excluding carboxylic acids is 1. The van der Waals surface area contributed by atoms with Crippen molar-refractivity contribution in [3.63, 3.8) is 0 Å². The second kappa shape index (κ2) is 5.95. The maximum Gasteiger partial charge on any atom is 0.282 e. The molecule has 2 aromatic heterocycles. The molecule has 0 bridgehead atoms. The minimum Gasteiger partial charge on any atom is -0.344 e. The molecule has 0 unspecified atom stereocenters. The standard InChI is InChI=1S/C13H10BrN5OS2/c14-8-3-7(21)4-16-9(8)5-17-10(20)11-18-19-12(22-11)13(6-15)1-2-13/h3-4,21H,1-2,5H2,(H,17,20). The highest BCUT2D eigenvalue weighted by molar-refractivity contribution is 9.10. The number of nitrogens with zero attached hydrogens (tertiary/aromatic N) is 4. The van der Waals surface area contributed by atoms with Gasteiger partial charge in [-0.3, -0.25) is 9.78 Å². The SMILES string of the molecule is N#CC1(c2nnc(C(=O)NCc3ncc(S)cc3Br)s2)CC1. The van der Waals surface area contributed by atoms with E-state index < -0.39 is 5.41 Å². The highest BCUT2D eigenvalue weighted by Crippen LogP contribution is 2.48. The maximum absolute atomic E-state index is 12.1. The van der Waals surface area contributed by atoms with Gasteiger partial charge in [0.2, 0.25) is 5.01 Å². The van der Waals surface area contributed by atoms with Gasteiger partial charge in [0.15, 0.2) is 0 Å². The Morgan fingerprint density at radius 3 is 2.95 bits per heavy atom. The first-order valence-corrected chi connectivity index (χ1v) is 8.46. The van der Waals surface area contributed by atoms with Crippen LogP contribution in [0.25, 0.3) is 0 Å². The van der Waals surface area contributed by atoms with Crippen LogP contribution < -0.4 is 5.32 Å². The molecule has 0 radical (unpaired) electrons. The van der Waals surface area contributed by atoms with Gasteiger partial charge in [-0.25, -0.2) is 0 Å². The smallest absolute Gasteiger partial charge is 0.282 e. The molecule has 1 saturated carbocycles. The van der Waals surface area contributed by atoms with Crippen LogP contribution in [0.5, 0.6) is 0 Å². The lowest BCUT2D eigenvalue weighted by atomic mass is 10.1. The van der Waals surface area contributed by atoms with Gasteiger partial charge in [-0.1, -0.05) is 11.3 Å². The molecule has 6 nitrogen and oxygen atoms in total. The number of nitriles is 1. The third kappa shape index (κ3) is 2.99. The minimum absolute atomic E-state index is 0.262. The summed E-state index contributed by atoms with van der Waals surface area (Å²) in [6.45, 7) is 0.270. The van der Waals surface area contributed by atoms with E-state index in [1.54, 1.807) is 6.20 Å². The largest absolute Gasteiger partial charge is 0.344 e. The normalized spacial score (nSPS) is 15.1. The number of aromatic nitrogens is 3. The molecular formula is C13H10BrN5OS2. The van der Waals surface area contributed by atoms with E-state index in [1.165, 1.54) is 11.3 Å². The summed E-state index contributed by atoms with van der Waals surface area (Å²) in [5.41, 5.74) is 0.190. The highest BCUT2D eigenvalue weighted by Gasteiger charge is 2.48. The topological polar surface area (TPSA) is 91.6 Å². The zero-order valence-electron chi connectivity index (χ0n) is 11.2. The lowest BCUT2D eigenvalue weighted by Gasteiger charge is -2.05. The summed E-state index contributed by atoms with van der Waals surface area (Å²) in [7, 11) is 0. The van der Waals surface area contributed by atoms with Gasteiger partial charge >= 0.3 is 0 Å². The molecule has 1 aliphatic rings. The van der Waals surface area contributed by atoms with Crippen LogP contribution in [0.1, 0.15) is 33.3 Å². The average Bonchev–Trinajstić information content (AvgIpc) is 3.14. The van der Waals surface area contributed by atoms with Crippen molar-refractivity contribution in [1.82, 2.24) is 20.5 Å². The highest BCUT2D eigenvalue weighted by atomic mass is 79.9. The molecule has 112 valence electrons. The summed E-state index contributed by atoms with van der Waals surface area (Å²) < 4.78 is 0.777. The lowest BCUT2D eigenvalue weighted by Crippen LogP contribution is -2.23. The number of halogens is 1. The molecule has 2 aromatic rings. The van der Waals surface area contributed by atoms with Crippen molar-refractivity contribution in [1.29, 1.82) is 5.26 Å². The van der Waals surface area contributed by atoms with E-state index in [-0.39, 0.29) is 17.5 Å². The summed E-state index contributed by atoms with van der Waals surface area (Å²) in [4.78, 5) is 17.0. The zero-order chi connectivity index (χ0) is 15.7. The summed E-state index contributed by atoms with van der Waals surface area (Å²) in [5.74, 6) is -0.318. The van der Waals surface area contributed by atoms with Crippen LogP contribution in [-0.4, -0.2) is 21.1 Å². The van der Waals surface area contributed by atoms with E-state index in [0.29, 0.717) is 10.7 Å². The third-order valence-corrected chi connectivity index (χ3v) is 5.37. The second-order valence-corrected chi connectivity index (χ2v) is 7.26. The van der Waals surface area contributed by atoms with Gasteiger partial charge in [0.25, 0.3) is 5.91 Å². The fourth-order valence-electron chi connectivity index (χ4n) is 1.83. The van der Waals surface area contributed by atoms with Crippen molar-refractivity contribution in [2.45, 2.75) is 29.7 Å². The van der Waals surface area contributed by atoms with E-state index in [0.717, 1.165) is 22.2 Å². The monoisotopic (exact) mass is 395 g/mol. The molecular weight excluding hydrogens is 386 g/mol. The Kier molecular flexibility index (Phi) is 4.16. The third-order valence-electron chi connectivity index (χ3n) is 3.31. The Balaban J connectivity index is 1.66. The van der Waals surface area contributed by atoms with Gasteiger partial charge in [-0.05, 0) is 34.8 Å². The zero-order valence-corrected chi connectivity index (χ0v) is 14.5. The number of hydrogen-bond donors (Lipinski definition) is 2. The van der Waals surface area contributed by atoms with Crippen LogP contribution in [0.3, 0.4) is 0 Å². The van der Waals surface area contributed by atoms with E-state index in [2.05, 4.69) is 55.1 Å². The molecule has 9 heteroatoms. The molecule has 0 spiro atoms. The number of nitrogens with one attached hydrogen (secondary N) is 1. The summed E-state index contributed by atoms with van der Waals surface area (Å²) in [5, 5.41) is 20.6. The molecule has 22 heavy (non-hydrogen) atoms. The van der Waals surface area contributed by atoms with Gasteiger partial charge in [-0.15, -0.1) is 22.8 Å². The van der Waals surface area contributed by atoms with Crippen molar-refractivity contribution >= 4 is 45.8 Å². The predicted molar refractivity (Wildman–Crippen MR) is 86.8 cm³/mol. The molecule has 1 aliphatic carbocycles. The Morgan fingerprint density at radius 2 is 2.32 bits per heavy atom. The number of hydrogen-bond acceptors (Lipinski definition) is 7. The second-order valence-electron chi connectivity index (χ2n) is 4.91. The first-order chi connectivity index (χ1) is 10.5. The van der Waals surface area contributed by atoms with Crippen molar-refractivity contribution in [3.8, 4) is 6.07 Å². The summed E-state index contributed by atoms with van der Waals surface area (Å²) in [6, 6.07) is 4.05. The van der Waals surface area contributed by atoms with E-state index in [9.17, 15) is 4.79 Å². The molecule has 0 aliphatic heterocycles. The first-order valence-electron chi connectivity index (χ1n) is 6.41. The quantitative estimate of drug-likeness (QED) is 0.775. The Labute approximate surface area is 144 Å². The van der Waals surface area contributed by atoms with Gasteiger partial charge in [-0.2, -0.15) is 5.26 Å². The number of amides is 1. The number of thiol groups is 1. The molecule has 2 heterocycles. The van der Waals surface area contributed by atoms with Crippen LogP contribution in [0, 0.1) is 11.3 Å². The fourth-order valence-corrected chi connectivity index (χ4v) is 3.64. The Bertz CT molecular complexity index is 781. The summed E-state index contributed by atoms with van der Waals surface area (Å²) in [6.07, 6.45) is 3.18. The van der Waals surface area contributed by atoms with Gasteiger partial charge < -0.3 is 5.32 Å². The van der Waals surface area contributed by atoms with Gasteiger partial charge in [0.05, 0.1) is 18.3 Å². The molecule has 0 atom stereocenters. The van der Waals surface area contributed by atoms with Crippen LogP contribution in [0.15, 0.2) is 21.6 Å². The maximum atomic E-state index is 12.1. The number of rotatable bonds is 4. The Morgan fingerprint density at radius 1 is 1.55 bits per heavy atom. The van der Waals surface area contributed by atoms with Gasteiger partial charge in [0.1, 0.15) is 10.4 Å². The molecule has 0 saturated heterocycles. The molecule has 1 amide bonds. The van der Waals surface area contributed by atoms with E-state index in [4.69, 9.17) is 5.26 Å². The van der Waals surface area contributed by atoms with Crippen LogP contribution in [-0.2, 0) is 12.0 Å². The fraction of sp³-hybridized carbons (Fsp3) is 0.308. The summed E-state index contributed by atoms with van der Waals surface area (Å²) >= 11 is 8.74. The van der Waals surface area contributed by atoms with E-state index >= 15 is 0 Å². The first kappa shape index (κ1) is 15.4. The molecule has 3 rings (SSSR count). The predicted octanol–water partition coefficient (Wildman–Crippen LogP) is 2.47. The average molecular weight is 396 g/mol. The van der Waals surface area contributed by atoms with E-state index in [1.807, 2.05) is 6.07 Å². The number of pyridine rings is 1. The molecule has 1 fully saturated rings. The molecule has 0 aromatic carbocycles. The minimum atomic E-state index is -0.511. The van der Waals surface area contributed by atoms with Crippen molar-refractivity contribution in [2.75, 3.05) is 0 Å². The lowest BCUT2D eigenvalue weighted by molar-refractivity contribution is 0.0949. The Hall–Kier alpha value is -1.50. The van der Waals surface area contributed by atoms with Crippen molar-refractivity contribution in [2.24, 2.45) is 0 Å². The van der Waals surface area contributed by atoms with Crippen molar-refractivity contribution < 1.29 is 4.79 Å². The number of carbonyl (C=O) groups is 1. The van der Waals surface area contributed by atoms with Crippen LogP contribution in [0.4, 0.5) is 0 Å². The van der Waals surface area contributed by atoms with Gasteiger partial charge in [0, 0.05) is 15.6 Å². The van der Waals surface area contributed by atoms with Crippen LogP contribution in [0.2, 0.25) is 0 Å². The van der Waals surface area contributed by atoms with Crippen molar-refractivity contribution in [3.05, 3.63) is 32.4 Å². The molecule has 1 N–H and O–H groups in total. The van der Waals surface area contributed by atoms with Crippen LogP contribution >= 0.6 is 39.9 Å².